The van der Waals surface area contributed by atoms with Crippen molar-refractivity contribution in [3.63, 3.8) is 0 Å². The highest BCUT2D eigenvalue weighted by atomic mass is 16.2. The van der Waals surface area contributed by atoms with Gasteiger partial charge in [0, 0.05) is 13.0 Å². The zero-order chi connectivity index (χ0) is 9.26. The van der Waals surface area contributed by atoms with Crippen LogP contribution in [0.3, 0.4) is 0 Å². The molecule has 2 aliphatic rings. The van der Waals surface area contributed by atoms with Crippen molar-refractivity contribution in [1.82, 2.24) is 4.90 Å². The lowest BCUT2D eigenvalue weighted by Crippen LogP contribution is -2.43. The standard InChI is InChI=1S/C9H12N2O2/c12-7-1-2-8(9(13)5-7)11-4-3-10-6-11/h6,8H,1-5H2. The van der Waals surface area contributed by atoms with E-state index in [-0.39, 0.29) is 24.0 Å². The van der Waals surface area contributed by atoms with Crippen molar-refractivity contribution in [3.05, 3.63) is 0 Å². The molecule has 0 aromatic rings. The van der Waals surface area contributed by atoms with Gasteiger partial charge in [-0.15, -0.1) is 0 Å². The number of aliphatic imine (C=N–C) groups is 1. The van der Waals surface area contributed by atoms with Crippen LogP contribution in [0.4, 0.5) is 0 Å². The second kappa shape index (κ2) is 3.28. The van der Waals surface area contributed by atoms with E-state index in [0.29, 0.717) is 12.8 Å². The minimum absolute atomic E-state index is 0.0598. The summed E-state index contributed by atoms with van der Waals surface area (Å²) in [7, 11) is 0. The summed E-state index contributed by atoms with van der Waals surface area (Å²) < 4.78 is 0. The van der Waals surface area contributed by atoms with Gasteiger partial charge in [-0.2, -0.15) is 0 Å². The number of hydrogen-bond acceptors (Lipinski definition) is 4. The van der Waals surface area contributed by atoms with Gasteiger partial charge in [-0.3, -0.25) is 14.6 Å². The van der Waals surface area contributed by atoms with Crippen molar-refractivity contribution >= 4 is 17.9 Å². The molecule has 70 valence electrons. The normalized spacial score (nSPS) is 28.6. The summed E-state index contributed by atoms with van der Waals surface area (Å²) in [6, 6.07) is -0.0797. The molecule has 1 aliphatic heterocycles. The van der Waals surface area contributed by atoms with Gasteiger partial charge in [0.2, 0.25) is 0 Å². The van der Waals surface area contributed by atoms with E-state index in [4.69, 9.17) is 0 Å². The van der Waals surface area contributed by atoms with Gasteiger partial charge in [0.15, 0.2) is 5.78 Å². The number of carbonyl (C=O) groups is 2. The minimum atomic E-state index is -0.0797. The van der Waals surface area contributed by atoms with Crippen LogP contribution >= 0.6 is 0 Å². The van der Waals surface area contributed by atoms with Crippen molar-refractivity contribution in [2.24, 2.45) is 4.99 Å². The first-order valence-corrected chi connectivity index (χ1v) is 4.57. The Kier molecular flexibility index (Phi) is 2.12. The van der Waals surface area contributed by atoms with Gasteiger partial charge < -0.3 is 4.90 Å². The minimum Gasteiger partial charge on any atom is -0.351 e. The first-order valence-electron chi connectivity index (χ1n) is 4.57. The van der Waals surface area contributed by atoms with Gasteiger partial charge in [0.25, 0.3) is 0 Å². The summed E-state index contributed by atoms with van der Waals surface area (Å²) in [5.41, 5.74) is 0. The summed E-state index contributed by atoms with van der Waals surface area (Å²) in [4.78, 5) is 28.4. The Morgan fingerprint density at radius 3 is 2.92 bits per heavy atom. The Bertz CT molecular complexity index is 273. The summed E-state index contributed by atoms with van der Waals surface area (Å²) in [6.45, 7) is 1.60. The molecule has 0 saturated heterocycles. The largest absolute Gasteiger partial charge is 0.351 e. The van der Waals surface area contributed by atoms with Crippen LogP contribution in [0.2, 0.25) is 0 Å². The van der Waals surface area contributed by atoms with E-state index in [2.05, 4.69) is 4.99 Å². The summed E-state index contributed by atoms with van der Waals surface area (Å²) in [5.74, 6) is 0.141. The molecule has 0 amide bonds. The van der Waals surface area contributed by atoms with Crippen molar-refractivity contribution < 1.29 is 9.59 Å². The van der Waals surface area contributed by atoms with Gasteiger partial charge in [-0.25, -0.2) is 0 Å². The topological polar surface area (TPSA) is 49.7 Å². The van der Waals surface area contributed by atoms with Crippen molar-refractivity contribution in [1.29, 1.82) is 0 Å². The van der Waals surface area contributed by atoms with Crippen LogP contribution in [0.5, 0.6) is 0 Å². The highest BCUT2D eigenvalue weighted by molar-refractivity contribution is 6.04. The predicted molar refractivity (Wildman–Crippen MR) is 47.7 cm³/mol. The van der Waals surface area contributed by atoms with Crippen molar-refractivity contribution in [3.8, 4) is 0 Å². The summed E-state index contributed by atoms with van der Waals surface area (Å²) in [6.07, 6.45) is 3.07. The number of Topliss-reactive ketones (excluding diaryl/α,β-unsaturated/α-hetero) is 2. The van der Waals surface area contributed by atoms with Crippen LogP contribution in [-0.4, -0.2) is 41.9 Å². The fourth-order valence-electron chi connectivity index (χ4n) is 1.84. The molecule has 1 atom stereocenters. The van der Waals surface area contributed by atoms with E-state index < -0.39 is 0 Å². The molecule has 2 rings (SSSR count). The molecular weight excluding hydrogens is 168 g/mol. The van der Waals surface area contributed by atoms with Gasteiger partial charge >= 0.3 is 0 Å². The molecule has 1 heterocycles. The Morgan fingerprint density at radius 2 is 2.31 bits per heavy atom. The molecule has 4 nitrogen and oxygen atoms in total. The third-order valence-electron chi connectivity index (χ3n) is 2.56. The number of nitrogens with zero attached hydrogens (tertiary/aromatic N) is 2. The van der Waals surface area contributed by atoms with E-state index in [9.17, 15) is 9.59 Å². The molecule has 4 heteroatoms. The zero-order valence-corrected chi connectivity index (χ0v) is 7.40. The second-order valence-corrected chi connectivity index (χ2v) is 3.50. The monoisotopic (exact) mass is 180 g/mol. The van der Waals surface area contributed by atoms with Crippen molar-refractivity contribution in [2.75, 3.05) is 13.1 Å². The quantitative estimate of drug-likeness (QED) is 0.534. The molecule has 0 spiro atoms. The van der Waals surface area contributed by atoms with Crippen LogP contribution in [0.25, 0.3) is 0 Å². The lowest BCUT2D eigenvalue weighted by molar-refractivity contribution is -0.132. The first-order chi connectivity index (χ1) is 6.27. The summed E-state index contributed by atoms with van der Waals surface area (Å²) >= 11 is 0. The average Bonchev–Trinajstić information content (AvgIpc) is 2.56. The van der Waals surface area contributed by atoms with E-state index in [0.717, 1.165) is 13.1 Å². The van der Waals surface area contributed by atoms with Gasteiger partial charge in [0.05, 0.1) is 25.3 Å². The van der Waals surface area contributed by atoms with Crippen LogP contribution in [-0.2, 0) is 9.59 Å². The van der Waals surface area contributed by atoms with Gasteiger partial charge in [-0.05, 0) is 6.42 Å². The average molecular weight is 180 g/mol. The molecule has 0 aromatic carbocycles. The lowest BCUT2D eigenvalue weighted by atomic mass is 9.92. The smallest absolute Gasteiger partial charge is 0.162 e. The second-order valence-electron chi connectivity index (χ2n) is 3.50. The maximum Gasteiger partial charge on any atom is 0.162 e. The third kappa shape index (κ3) is 1.61. The molecule has 13 heavy (non-hydrogen) atoms. The zero-order valence-electron chi connectivity index (χ0n) is 7.40. The van der Waals surface area contributed by atoms with E-state index in [1.165, 1.54) is 0 Å². The molecule has 1 aliphatic carbocycles. The summed E-state index contributed by atoms with van der Waals surface area (Å²) in [5, 5.41) is 0. The predicted octanol–water partition coefficient (Wildman–Crippen LogP) is 0.0210. The lowest BCUT2D eigenvalue weighted by Gasteiger charge is -2.27. The molecule has 0 aromatic heterocycles. The maximum atomic E-state index is 11.5. The maximum absolute atomic E-state index is 11.5. The Hall–Kier alpha value is -1.19. The highest BCUT2D eigenvalue weighted by Gasteiger charge is 2.31. The van der Waals surface area contributed by atoms with E-state index in [1.807, 2.05) is 4.90 Å². The third-order valence-corrected chi connectivity index (χ3v) is 2.56. The van der Waals surface area contributed by atoms with Crippen LogP contribution in [0, 0.1) is 0 Å². The fourth-order valence-corrected chi connectivity index (χ4v) is 1.84. The van der Waals surface area contributed by atoms with Crippen LogP contribution < -0.4 is 0 Å². The highest BCUT2D eigenvalue weighted by Crippen LogP contribution is 2.17. The fraction of sp³-hybridized carbons (Fsp3) is 0.667. The number of hydrogen-bond donors (Lipinski definition) is 0. The molecule has 0 N–H and O–H groups in total. The number of ketones is 2. The molecule has 1 unspecified atom stereocenters. The van der Waals surface area contributed by atoms with Crippen LogP contribution in [0.1, 0.15) is 19.3 Å². The SMILES string of the molecule is O=C1CCC(N2C=NCC2)C(=O)C1. The van der Waals surface area contributed by atoms with Crippen LogP contribution in [0.15, 0.2) is 4.99 Å². The van der Waals surface area contributed by atoms with E-state index in [1.54, 1.807) is 6.34 Å². The van der Waals surface area contributed by atoms with Crippen molar-refractivity contribution in [2.45, 2.75) is 25.3 Å². The Morgan fingerprint density at radius 1 is 1.46 bits per heavy atom. The van der Waals surface area contributed by atoms with E-state index >= 15 is 0 Å². The molecular formula is C9H12N2O2. The van der Waals surface area contributed by atoms with Gasteiger partial charge in [0.1, 0.15) is 5.78 Å². The Labute approximate surface area is 76.6 Å². The molecule has 1 saturated carbocycles. The Balaban J connectivity index is 2.03. The molecule has 0 radical (unpaired) electrons. The molecule has 1 fully saturated rings. The number of rotatable bonds is 1. The first kappa shape index (κ1) is 8.41. The van der Waals surface area contributed by atoms with Gasteiger partial charge in [-0.1, -0.05) is 0 Å². The molecule has 0 bridgehead atoms. The number of carbonyl (C=O) groups excluding carboxylic acids is 2.